The van der Waals surface area contributed by atoms with E-state index in [1.165, 1.54) is 53.6 Å². The zero-order chi connectivity index (χ0) is 23.1. The lowest BCUT2D eigenvalue weighted by Crippen LogP contribution is -2.32. The van der Waals surface area contributed by atoms with Crippen molar-refractivity contribution in [2.75, 3.05) is 33.8 Å². The molecular formula is C20H21Cl2N3O6. The smallest absolute Gasteiger partial charge is 0.258 e. The molecule has 1 amide bonds. The number of methoxy groups -OCH3 is 4. The number of amides is 1. The lowest BCUT2D eigenvalue weighted by Gasteiger charge is -2.16. The number of hydrogen-bond acceptors (Lipinski definition) is 8. The first-order valence-electron chi connectivity index (χ1n) is 8.81. The molecule has 1 atom stereocenters. The average molecular weight is 470 g/mol. The van der Waals surface area contributed by atoms with Crippen LogP contribution in [-0.4, -0.2) is 46.2 Å². The van der Waals surface area contributed by atoms with Crippen LogP contribution in [0.3, 0.4) is 0 Å². The highest BCUT2D eigenvalue weighted by molar-refractivity contribution is 6.34. The van der Waals surface area contributed by atoms with Crippen molar-refractivity contribution in [1.82, 2.24) is 0 Å². The number of azo groups is 1. The van der Waals surface area contributed by atoms with Gasteiger partial charge in [-0.1, -0.05) is 23.2 Å². The van der Waals surface area contributed by atoms with Crippen molar-refractivity contribution in [3.8, 4) is 23.0 Å². The van der Waals surface area contributed by atoms with Gasteiger partial charge in [0.25, 0.3) is 5.91 Å². The highest BCUT2D eigenvalue weighted by atomic mass is 35.5. The molecule has 1 N–H and O–H groups in total. The topological polar surface area (TPSA) is 108 Å². The van der Waals surface area contributed by atoms with Crippen LogP contribution in [0.2, 0.25) is 10.0 Å². The van der Waals surface area contributed by atoms with E-state index in [0.717, 1.165) is 0 Å². The van der Waals surface area contributed by atoms with Crippen LogP contribution in [0.5, 0.6) is 23.0 Å². The number of ether oxygens (including phenoxy) is 4. The highest BCUT2D eigenvalue weighted by Crippen LogP contribution is 2.41. The first kappa shape index (κ1) is 24.2. The van der Waals surface area contributed by atoms with Gasteiger partial charge < -0.3 is 24.3 Å². The van der Waals surface area contributed by atoms with Crippen LogP contribution in [0.4, 0.5) is 11.4 Å². The minimum absolute atomic E-state index is 0.136. The largest absolute Gasteiger partial charge is 0.494 e. The van der Waals surface area contributed by atoms with Crippen molar-refractivity contribution in [2.45, 2.75) is 13.0 Å². The molecule has 166 valence electrons. The third-order valence-electron chi connectivity index (χ3n) is 4.09. The molecule has 2 rings (SSSR count). The van der Waals surface area contributed by atoms with Gasteiger partial charge in [0.05, 0.1) is 33.5 Å². The van der Waals surface area contributed by atoms with Crippen molar-refractivity contribution in [2.24, 2.45) is 10.2 Å². The Kier molecular flexibility index (Phi) is 8.47. The SMILES string of the molecule is COc1cc(Cl)cc(OC)c1N=NC(C(C)=O)C(=O)Nc1c(Cl)ccc(OC)c1OC. The van der Waals surface area contributed by atoms with Gasteiger partial charge in [0.15, 0.2) is 34.5 Å². The second-order valence-corrected chi connectivity index (χ2v) is 6.88. The van der Waals surface area contributed by atoms with Gasteiger partial charge in [-0.05, 0) is 19.1 Å². The van der Waals surface area contributed by atoms with Crippen molar-refractivity contribution < 1.29 is 28.5 Å². The number of hydrogen-bond donors (Lipinski definition) is 1. The van der Waals surface area contributed by atoms with Crippen LogP contribution in [0.1, 0.15) is 6.92 Å². The second-order valence-electron chi connectivity index (χ2n) is 6.03. The number of rotatable bonds is 9. The van der Waals surface area contributed by atoms with E-state index in [1.54, 1.807) is 6.07 Å². The van der Waals surface area contributed by atoms with E-state index in [0.29, 0.717) is 10.8 Å². The van der Waals surface area contributed by atoms with E-state index < -0.39 is 17.7 Å². The molecule has 9 nitrogen and oxygen atoms in total. The maximum absolute atomic E-state index is 12.8. The van der Waals surface area contributed by atoms with Gasteiger partial charge in [-0.2, -0.15) is 5.11 Å². The third-order valence-corrected chi connectivity index (χ3v) is 4.63. The molecule has 0 spiro atoms. The summed E-state index contributed by atoms with van der Waals surface area (Å²) in [4.78, 5) is 25.0. The number of ketones is 1. The molecule has 0 saturated carbocycles. The Morgan fingerprint density at radius 1 is 0.935 bits per heavy atom. The van der Waals surface area contributed by atoms with E-state index >= 15 is 0 Å². The maximum atomic E-state index is 12.8. The molecule has 0 heterocycles. The first-order chi connectivity index (χ1) is 14.8. The summed E-state index contributed by atoms with van der Waals surface area (Å²) in [6.07, 6.45) is 0. The average Bonchev–Trinajstić information content (AvgIpc) is 2.74. The summed E-state index contributed by atoms with van der Waals surface area (Å²) >= 11 is 12.2. The predicted octanol–water partition coefficient (Wildman–Crippen LogP) is 4.71. The van der Waals surface area contributed by atoms with Crippen LogP contribution in [0, 0.1) is 0 Å². The standard InChI is InChI=1S/C20H21Cl2N3O6/c1-10(26)16(24-25-18-14(29-3)8-11(21)9-15(18)30-4)20(27)23-17-12(22)6-7-13(28-2)19(17)31-5/h6-9,16H,1-5H3,(H,23,27). The van der Waals surface area contributed by atoms with E-state index in [-0.39, 0.29) is 33.6 Å². The molecule has 0 radical (unpaired) electrons. The number of carbonyl (C=O) groups is 2. The second kappa shape index (κ2) is 10.8. The molecular weight excluding hydrogens is 449 g/mol. The van der Waals surface area contributed by atoms with E-state index in [1.807, 2.05) is 0 Å². The van der Waals surface area contributed by atoms with E-state index in [2.05, 4.69) is 15.5 Å². The molecule has 0 fully saturated rings. The summed E-state index contributed by atoms with van der Waals surface area (Å²) < 4.78 is 21.0. The minimum Gasteiger partial charge on any atom is -0.494 e. The Balaban J connectivity index is 2.41. The third kappa shape index (κ3) is 5.56. The zero-order valence-electron chi connectivity index (χ0n) is 17.5. The first-order valence-corrected chi connectivity index (χ1v) is 9.57. The number of benzene rings is 2. The van der Waals surface area contributed by atoms with Gasteiger partial charge >= 0.3 is 0 Å². The van der Waals surface area contributed by atoms with Crippen LogP contribution >= 0.6 is 23.2 Å². The normalized spacial score (nSPS) is 11.7. The molecule has 31 heavy (non-hydrogen) atoms. The van der Waals surface area contributed by atoms with Gasteiger partial charge in [0, 0.05) is 17.2 Å². The lowest BCUT2D eigenvalue weighted by molar-refractivity contribution is -0.126. The maximum Gasteiger partial charge on any atom is 0.258 e. The van der Waals surface area contributed by atoms with Crippen molar-refractivity contribution in [3.63, 3.8) is 0 Å². The van der Waals surface area contributed by atoms with Gasteiger partial charge in [-0.3, -0.25) is 9.59 Å². The van der Waals surface area contributed by atoms with Crippen LogP contribution in [-0.2, 0) is 9.59 Å². The summed E-state index contributed by atoms with van der Waals surface area (Å²) in [5.74, 6) is -0.258. The van der Waals surface area contributed by atoms with Gasteiger partial charge in [-0.25, -0.2) is 0 Å². The number of halogens is 2. The van der Waals surface area contributed by atoms with Crippen molar-refractivity contribution in [1.29, 1.82) is 0 Å². The molecule has 0 aromatic heterocycles. The summed E-state index contributed by atoms with van der Waals surface area (Å²) in [5, 5.41) is 11.0. The Hall–Kier alpha value is -3.04. The van der Waals surface area contributed by atoms with Crippen LogP contribution < -0.4 is 24.3 Å². The van der Waals surface area contributed by atoms with Gasteiger partial charge in [-0.15, -0.1) is 5.11 Å². The van der Waals surface area contributed by atoms with Crippen molar-refractivity contribution >= 4 is 46.3 Å². The summed E-state index contributed by atoms with van der Waals surface area (Å²) in [6.45, 7) is 1.21. The Labute approximate surface area is 189 Å². The molecule has 1 unspecified atom stereocenters. The number of nitrogens with one attached hydrogen (secondary N) is 1. The monoisotopic (exact) mass is 469 g/mol. The van der Waals surface area contributed by atoms with E-state index in [9.17, 15) is 9.59 Å². The Morgan fingerprint density at radius 3 is 2.00 bits per heavy atom. The van der Waals surface area contributed by atoms with E-state index in [4.69, 9.17) is 42.1 Å². The molecule has 0 aliphatic carbocycles. The van der Waals surface area contributed by atoms with Gasteiger partial charge in [0.2, 0.25) is 6.04 Å². The van der Waals surface area contributed by atoms with Crippen LogP contribution in [0.15, 0.2) is 34.5 Å². The lowest BCUT2D eigenvalue weighted by atomic mass is 10.2. The fourth-order valence-electron chi connectivity index (χ4n) is 2.60. The molecule has 0 saturated heterocycles. The zero-order valence-corrected chi connectivity index (χ0v) is 19.0. The Morgan fingerprint density at radius 2 is 1.52 bits per heavy atom. The molecule has 0 aliphatic heterocycles. The number of nitrogens with zero attached hydrogens (tertiary/aromatic N) is 2. The quantitative estimate of drug-likeness (QED) is 0.420. The summed E-state index contributed by atoms with van der Waals surface area (Å²) in [7, 11) is 5.66. The highest BCUT2D eigenvalue weighted by Gasteiger charge is 2.26. The number of carbonyl (C=O) groups excluding carboxylic acids is 2. The molecule has 0 aliphatic rings. The van der Waals surface area contributed by atoms with Gasteiger partial charge in [0.1, 0.15) is 5.69 Å². The number of anilines is 1. The summed E-state index contributed by atoms with van der Waals surface area (Å²) in [6, 6.07) is 4.63. The summed E-state index contributed by atoms with van der Waals surface area (Å²) in [5.41, 5.74) is 0.307. The van der Waals surface area contributed by atoms with Crippen LogP contribution in [0.25, 0.3) is 0 Å². The molecule has 2 aromatic carbocycles. The Bertz CT molecular complexity index is 988. The molecule has 11 heteroatoms. The minimum atomic E-state index is -1.47. The predicted molar refractivity (Wildman–Crippen MR) is 117 cm³/mol. The fourth-order valence-corrected chi connectivity index (χ4v) is 3.00. The molecule has 0 bridgehead atoms. The molecule has 2 aromatic rings. The number of Topliss-reactive ketones (excluding diaryl/α,β-unsaturated/α-hetero) is 1. The van der Waals surface area contributed by atoms with Crippen molar-refractivity contribution in [3.05, 3.63) is 34.3 Å². The fraction of sp³-hybridized carbons (Fsp3) is 0.300.